The van der Waals surface area contributed by atoms with Crippen LogP contribution in [-0.2, 0) is 5.60 Å². The van der Waals surface area contributed by atoms with Gasteiger partial charge >= 0.3 is 0 Å². The Hall–Kier alpha value is -0.820. The van der Waals surface area contributed by atoms with E-state index >= 15 is 0 Å². The van der Waals surface area contributed by atoms with Gasteiger partial charge in [-0.2, -0.15) is 0 Å². The van der Waals surface area contributed by atoms with Crippen LogP contribution in [0.1, 0.15) is 65.4 Å². The Kier molecular flexibility index (Phi) is 5.40. The van der Waals surface area contributed by atoms with Crippen LogP contribution in [0.2, 0.25) is 0 Å². The van der Waals surface area contributed by atoms with Crippen molar-refractivity contribution in [3.63, 3.8) is 0 Å². The zero-order valence-corrected chi connectivity index (χ0v) is 12.4. The fourth-order valence-corrected chi connectivity index (χ4v) is 2.49. The van der Waals surface area contributed by atoms with Gasteiger partial charge in [-0.3, -0.25) is 0 Å². The van der Waals surface area contributed by atoms with Crippen LogP contribution >= 0.6 is 0 Å². The van der Waals surface area contributed by atoms with Crippen molar-refractivity contribution in [2.24, 2.45) is 5.41 Å². The quantitative estimate of drug-likeness (QED) is 0.760. The van der Waals surface area contributed by atoms with Crippen molar-refractivity contribution in [1.82, 2.24) is 0 Å². The molecule has 0 radical (unpaired) electrons. The van der Waals surface area contributed by atoms with Crippen molar-refractivity contribution >= 4 is 0 Å². The van der Waals surface area contributed by atoms with Gasteiger partial charge in [0.25, 0.3) is 0 Å². The van der Waals surface area contributed by atoms with Crippen molar-refractivity contribution in [1.29, 1.82) is 0 Å². The highest BCUT2D eigenvalue weighted by atomic mass is 16.3. The van der Waals surface area contributed by atoms with Crippen LogP contribution in [0.4, 0.5) is 0 Å². The van der Waals surface area contributed by atoms with E-state index < -0.39 is 5.60 Å². The predicted molar refractivity (Wildman–Crippen MR) is 78.6 cm³/mol. The van der Waals surface area contributed by atoms with Crippen LogP contribution in [0.3, 0.4) is 0 Å². The van der Waals surface area contributed by atoms with Crippen molar-refractivity contribution in [2.75, 3.05) is 0 Å². The molecule has 1 aromatic rings. The summed E-state index contributed by atoms with van der Waals surface area (Å²) < 4.78 is 0. The minimum atomic E-state index is -0.638. The normalized spacial score (nSPS) is 15.4. The first-order valence-electron chi connectivity index (χ1n) is 7.15. The van der Waals surface area contributed by atoms with Crippen LogP contribution < -0.4 is 0 Å². The van der Waals surface area contributed by atoms with Gasteiger partial charge in [-0.15, -0.1) is 0 Å². The number of rotatable bonds is 6. The molecular formula is C17H28O. The van der Waals surface area contributed by atoms with Gasteiger partial charge in [0.1, 0.15) is 0 Å². The van der Waals surface area contributed by atoms with Crippen LogP contribution in [0.15, 0.2) is 30.3 Å². The minimum absolute atomic E-state index is 0.351. The second kappa shape index (κ2) is 6.38. The van der Waals surface area contributed by atoms with Gasteiger partial charge in [0, 0.05) is 0 Å². The predicted octanol–water partition coefficient (Wildman–Crippen LogP) is 4.89. The average Bonchev–Trinajstić information content (AvgIpc) is 2.29. The highest BCUT2D eigenvalue weighted by Crippen LogP contribution is 2.34. The van der Waals surface area contributed by atoms with E-state index in [-0.39, 0.29) is 0 Å². The minimum Gasteiger partial charge on any atom is -0.385 e. The van der Waals surface area contributed by atoms with Gasteiger partial charge in [0.15, 0.2) is 0 Å². The molecule has 0 heterocycles. The maximum absolute atomic E-state index is 10.9. The van der Waals surface area contributed by atoms with Crippen LogP contribution in [0.25, 0.3) is 0 Å². The lowest BCUT2D eigenvalue weighted by Gasteiger charge is -2.30. The lowest BCUT2D eigenvalue weighted by Crippen LogP contribution is -2.26. The molecule has 0 saturated carbocycles. The average molecular weight is 248 g/mol. The maximum Gasteiger partial charge on any atom is 0.0896 e. The largest absolute Gasteiger partial charge is 0.385 e. The van der Waals surface area contributed by atoms with Gasteiger partial charge < -0.3 is 5.11 Å². The Morgan fingerprint density at radius 1 is 0.944 bits per heavy atom. The summed E-state index contributed by atoms with van der Waals surface area (Å²) in [5, 5.41) is 10.9. The molecule has 1 N–H and O–H groups in total. The van der Waals surface area contributed by atoms with E-state index in [9.17, 15) is 5.11 Å². The summed E-state index contributed by atoms with van der Waals surface area (Å²) in [5.41, 5.74) is 0.784. The second-order valence-electron chi connectivity index (χ2n) is 6.56. The SMILES string of the molecule is CCCC(O)(CCCC(C)(C)C)c1ccccc1. The Balaban J connectivity index is 2.69. The zero-order chi connectivity index (χ0) is 13.6. The summed E-state index contributed by atoms with van der Waals surface area (Å²) in [4.78, 5) is 0. The summed E-state index contributed by atoms with van der Waals surface area (Å²) in [6.07, 6.45) is 4.96. The molecule has 18 heavy (non-hydrogen) atoms. The van der Waals surface area contributed by atoms with Crippen LogP contribution in [-0.4, -0.2) is 5.11 Å². The van der Waals surface area contributed by atoms with Gasteiger partial charge in [-0.25, -0.2) is 0 Å². The molecule has 0 aliphatic carbocycles. The Labute approximate surface area is 112 Å². The van der Waals surface area contributed by atoms with Crippen molar-refractivity contribution in [3.8, 4) is 0 Å². The van der Waals surface area contributed by atoms with Crippen LogP contribution in [0.5, 0.6) is 0 Å². The summed E-state index contributed by atoms with van der Waals surface area (Å²) in [7, 11) is 0. The molecule has 1 atom stereocenters. The molecule has 1 heteroatoms. The molecule has 102 valence electrons. The van der Waals surface area contributed by atoms with Gasteiger partial charge in [0.05, 0.1) is 5.60 Å². The first-order valence-corrected chi connectivity index (χ1v) is 7.15. The lowest BCUT2D eigenvalue weighted by atomic mass is 9.81. The molecule has 1 aromatic carbocycles. The third kappa shape index (κ3) is 4.81. The summed E-state index contributed by atoms with van der Waals surface area (Å²) in [5.74, 6) is 0. The van der Waals surface area contributed by atoms with Gasteiger partial charge in [0.2, 0.25) is 0 Å². The third-order valence-corrected chi connectivity index (χ3v) is 3.49. The standard InChI is InChI=1S/C17H28O/c1-5-12-17(18,14-9-13-16(2,3)4)15-10-7-6-8-11-15/h6-8,10-11,18H,5,9,12-14H2,1-4H3. The monoisotopic (exact) mass is 248 g/mol. The Morgan fingerprint density at radius 3 is 2.06 bits per heavy atom. The van der Waals surface area contributed by atoms with E-state index in [0.29, 0.717) is 5.41 Å². The topological polar surface area (TPSA) is 20.2 Å². The molecular weight excluding hydrogens is 220 g/mol. The van der Waals surface area contributed by atoms with E-state index in [1.807, 2.05) is 30.3 Å². The zero-order valence-electron chi connectivity index (χ0n) is 12.4. The molecule has 0 bridgehead atoms. The molecule has 0 saturated heterocycles. The summed E-state index contributed by atoms with van der Waals surface area (Å²) >= 11 is 0. The first kappa shape index (κ1) is 15.2. The molecule has 0 aliphatic heterocycles. The second-order valence-corrected chi connectivity index (χ2v) is 6.56. The Morgan fingerprint density at radius 2 is 1.56 bits per heavy atom. The molecule has 0 aromatic heterocycles. The molecule has 1 unspecified atom stereocenters. The van der Waals surface area contributed by atoms with E-state index in [1.165, 1.54) is 0 Å². The van der Waals surface area contributed by atoms with E-state index in [1.54, 1.807) is 0 Å². The van der Waals surface area contributed by atoms with Gasteiger partial charge in [-0.1, -0.05) is 64.4 Å². The smallest absolute Gasteiger partial charge is 0.0896 e. The third-order valence-electron chi connectivity index (χ3n) is 3.49. The van der Waals surface area contributed by atoms with Crippen molar-refractivity contribution in [2.45, 2.75) is 65.4 Å². The van der Waals surface area contributed by atoms with E-state index in [2.05, 4.69) is 27.7 Å². The number of hydrogen-bond acceptors (Lipinski definition) is 1. The summed E-state index contributed by atoms with van der Waals surface area (Å²) in [6.45, 7) is 8.91. The number of hydrogen-bond donors (Lipinski definition) is 1. The first-order chi connectivity index (χ1) is 8.37. The molecule has 1 rings (SSSR count). The van der Waals surface area contributed by atoms with Crippen LogP contribution in [0, 0.1) is 5.41 Å². The summed E-state index contributed by atoms with van der Waals surface area (Å²) in [6, 6.07) is 10.1. The van der Waals surface area contributed by atoms with Crippen molar-refractivity contribution in [3.05, 3.63) is 35.9 Å². The number of aliphatic hydroxyl groups is 1. The molecule has 0 spiro atoms. The molecule has 0 amide bonds. The highest BCUT2D eigenvalue weighted by molar-refractivity contribution is 5.22. The van der Waals surface area contributed by atoms with Gasteiger partial charge in [-0.05, 0) is 36.7 Å². The molecule has 0 aliphatic rings. The fourth-order valence-electron chi connectivity index (χ4n) is 2.49. The maximum atomic E-state index is 10.9. The number of benzene rings is 1. The Bertz CT molecular complexity index is 336. The van der Waals surface area contributed by atoms with E-state index in [4.69, 9.17) is 0 Å². The lowest BCUT2D eigenvalue weighted by molar-refractivity contribution is 0.0132. The van der Waals surface area contributed by atoms with E-state index in [0.717, 1.165) is 37.7 Å². The highest BCUT2D eigenvalue weighted by Gasteiger charge is 2.28. The molecule has 1 nitrogen and oxygen atoms in total. The fraction of sp³-hybridized carbons (Fsp3) is 0.647. The molecule has 0 fully saturated rings. The van der Waals surface area contributed by atoms with Crippen molar-refractivity contribution < 1.29 is 5.11 Å².